The summed E-state index contributed by atoms with van der Waals surface area (Å²) in [7, 11) is -3.15. The van der Waals surface area contributed by atoms with Crippen LogP contribution in [-0.4, -0.2) is 56.0 Å². The van der Waals surface area contributed by atoms with Gasteiger partial charge in [0, 0.05) is 6.54 Å². The average molecular weight is 293 g/mol. The number of hydrogen-bond acceptors (Lipinski definition) is 5. The maximum absolute atomic E-state index is 12.0. The molecule has 0 bridgehead atoms. The van der Waals surface area contributed by atoms with Crippen LogP contribution >= 0.6 is 0 Å². The lowest BCUT2D eigenvalue weighted by Gasteiger charge is -2.24. The zero-order chi connectivity index (χ0) is 15.1. The summed E-state index contributed by atoms with van der Waals surface area (Å²) in [4.78, 5) is 13.3. The van der Waals surface area contributed by atoms with E-state index < -0.39 is 14.6 Å². The fourth-order valence-electron chi connectivity index (χ4n) is 1.53. The molecule has 114 valence electrons. The van der Waals surface area contributed by atoms with Gasteiger partial charge in [-0.2, -0.15) is 0 Å². The highest BCUT2D eigenvalue weighted by Gasteiger charge is 2.29. The number of carbonyl (C=O) groups is 1. The molecule has 0 atom stereocenters. The number of nitrogens with zero attached hydrogens (tertiary/aromatic N) is 1. The summed E-state index contributed by atoms with van der Waals surface area (Å²) in [6.45, 7) is 10.4. The minimum atomic E-state index is -3.15. The third-order valence-corrected chi connectivity index (χ3v) is 5.39. The monoisotopic (exact) mass is 293 g/mol. The van der Waals surface area contributed by atoms with Crippen LogP contribution in [0.5, 0.6) is 0 Å². The number of rotatable bonds is 8. The Morgan fingerprint density at radius 3 is 2.16 bits per heavy atom. The van der Waals surface area contributed by atoms with Gasteiger partial charge in [-0.05, 0) is 40.7 Å². The van der Waals surface area contributed by atoms with E-state index in [2.05, 4.69) is 0 Å². The maximum atomic E-state index is 12.0. The molecule has 0 aromatic heterocycles. The van der Waals surface area contributed by atoms with Crippen LogP contribution in [0.4, 0.5) is 0 Å². The summed E-state index contributed by atoms with van der Waals surface area (Å²) in [5, 5.41) is 0. The molecule has 6 heteroatoms. The second-order valence-corrected chi connectivity index (χ2v) is 8.37. The van der Waals surface area contributed by atoms with Gasteiger partial charge in [0.05, 0.1) is 23.7 Å². The molecule has 0 spiro atoms. The molecule has 0 amide bonds. The third-order valence-electron chi connectivity index (χ3n) is 2.81. The van der Waals surface area contributed by atoms with E-state index in [9.17, 15) is 13.2 Å². The fourth-order valence-corrected chi connectivity index (χ4v) is 2.64. The molecular formula is C13H27NO4S. The molecule has 0 fully saturated rings. The summed E-state index contributed by atoms with van der Waals surface area (Å²) in [5.41, 5.74) is 0. The first-order chi connectivity index (χ1) is 8.64. The topological polar surface area (TPSA) is 63.7 Å². The zero-order valence-electron chi connectivity index (χ0n) is 12.7. The molecule has 0 unspecified atom stereocenters. The zero-order valence-corrected chi connectivity index (χ0v) is 13.5. The molecular weight excluding hydrogens is 266 g/mol. The summed E-state index contributed by atoms with van der Waals surface area (Å²) in [5.74, 6) is -0.236. The van der Waals surface area contributed by atoms with Gasteiger partial charge in [-0.25, -0.2) is 8.42 Å². The van der Waals surface area contributed by atoms with Gasteiger partial charge in [0.25, 0.3) is 0 Å². The Morgan fingerprint density at radius 1 is 1.16 bits per heavy atom. The van der Waals surface area contributed by atoms with Crippen molar-refractivity contribution >= 4 is 15.8 Å². The number of sulfone groups is 1. The van der Waals surface area contributed by atoms with Gasteiger partial charge in [0.2, 0.25) is 0 Å². The van der Waals surface area contributed by atoms with Gasteiger partial charge in [-0.1, -0.05) is 6.92 Å². The van der Waals surface area contributed by atoms with Crippen LogP contribution < -0.4 is 0 Å². The lowest BCUT2D eigenvalue weighted by atomic mass is 10.3. The molecule has 0 aliphatic carbocycles. The van der Waals surface area contributed by atoms with Crippen LogP contribution in [0.1, 0.15) is 41.0 Å². The standard InChI is InChI=1S/C13H27NO4S/c1-6-8-14(11-12(15)18-7-2)9-10-19(16,17)13(3,4)5/h6-11H2,1-5H3. The largest absolute Gasteiger partial charge is 0.465 e. The number of ether oxygens (including phenoxy) is 1. The van der Waals surface area contributed by atoms with Gasteiger partial charge < -0.3 is 4.74 Å². The van der Waals surface area contributed by atoms with Crippen LogP contribution in [-0.2, 0) is 19.4 Å². The first-order valence-corrected chi connectivity index (χ1v) is 8.39. The highest BCUT2D eigenvalue weighted by Crippen LogP contribution is 2.16. The fraction of sp³-hybridized carbons (Fsp3) is 0.923. The molecule has 0 saturated carbocycles. The lowest BCUT2D eigenvalue weighted by Crippen LogP contribution is -2.39. The van der Waals surface area contributed by atoms with Crippen molar-refractivity contribution in [1.29, 1.82) is 0 Å². The van der Waals surface area contributed by atoms with Crippen molar-refractivity contribution in [1.82, 2.24) is 4.90 Å². The van der Waals surface area contributed by atoms with E-state index in [1.54, 1.807) is 27.7 Å². The second-order valence-electron chi connectivity index (χ2n) is 5.51. The maximum Gasteiger partial charge on any atom is 0.320 e. The molecule has 0 rings (SSSR count). The predicted octanol–water partition coefficient (Wildman–Crippen LogP) is 1.47. The van der Waals surface area contributed by atoms with E-state index in [-0.39, 0.29) is 18.3 Å². The molecule has 0 aliphatic heterocycles. The third kappa shape index (κ3) is 6.92. The molecule has 0 radical (unpaired) electrons. The highest BCUT2D eigenvalue weighted by molar-refractivity contribution is 7.92. The van der Waals surface area contributed by atoms with Gasteiger partial charge >= 0.3 is 5.97 Å². The predicted molar refractivity (Wildman–Crippen MR) is 76.9 cm³/mol. The van der Waals surface area contributed by atoms with Crippen molar-refractivity contribution < 1.29 is 17.9 Å². The summed E-state index contributed by atoms with van der Waals surface area (Å²) in [6.07, 6.45) is 0.870. The minimum Gasteiger partial charge on any atom is -0.465 e. The van der Waals surface area contributed by atoms with E-state index in [1.807, 2.05) is 11.8 Å². The molecule has 0 heterocycles. The van der Waals surface area contributed by atoms with Crippen LogP contribution in [0, 0.1) is 0 Å². The summed E-state index contributed by atoms with van der Waals surface area (Å²) >= 11 is 0. The van der Waals surface area contributed by atoms with Crippen molar-refractivity contribution in [3.8, 4) is 0 Å². The summed E-state index contributed by atoms with van der Waals surface area (Å²) in [6, 6.07) is 0. The number of esters is 1. The van der Waals surface area contributed by atoms with Crippen LogP contribution in [0.25, 0.3) is 0 Å². The Balaban J connectivity index is 4.49. The van der Waals surface area contributed by atoms with E-state index in [4.69, 9.17) is 4.74 Å². The smallest absolute Gasteiger partial charge is 0.320 e. The van der Waals surface area contributed by atoms with E-state index in [0.29, 0.717) is 19.7 Å². The van der Waals surface area contributed by atoms with E-state index >= 15 is 0 Å². The van der Waals surface area contributed by atoms with Crippen LogP contribution in [0.15, 0.2) is 0 Å². The summed E-state index contributed by atoms with van der Waals surface area (Å²) < 4.78 is 28.2. The number of carbonyl (C=O) groups excluding carboxylic acids is 1. The second kappa shape index (κ2) is 7.85. The lowest BCUT2D eigenvalue weighted by molar-refractivity contribution is -0.144. The minimum absolute atomic E-state index is 0.0654. The first kappa shape index (κ1) is 18.4. The van der Waals surface area contributed by atoms with Gasteiger partial charge in [0.1, 0.15) is 0 Å². The van der Waals surface area contributed by atoms with Crippen molar-refractivity contribution in [2.45, 2.75) is 45.8 Å². The molecule has 19 heavy (non-hydrogen) atoms. The Hall–Kier alpha value is -0.620. The number of hydrogen-bond donors (Lipinski definition) is 0. The normalized spacial score (nSPS) is 12.7. The molecule has 5 nitrogen and oxygen atoms in total. The highest BCUT2D eigenvalue weighted by atomic mass is 32.2. The molecule has 0 saturated heterocycles. The Kier molecular flexibility index (Phi) is 7.59. The SMILES string of the molecule is CCCN(CCS(=O)(=O)C(C)(C)C)CC(=O)OCC. The van der Waals surface area contributed by atoms with Crippen molar-refractivity contribution in [2.75, 3.05) is 32.0 Å². The van der Waals surface area contributed by atoms with Crippen molar-refractivity contribution in [3.05, 3.63) is 0 Å². The van der Waals surface area contributed by atoms with Gasteiger partial charge in [-0.3, -0.25) is 9.69 Å². The van der Waals surface area contributed by atoms with Crippen molar-refractivity contribution in [2.24, 2.45) is 0 Å². The molecule has 0 aromatic rings. The molecule has 0 aliphatic rings. The van der Waals surface area contributed by atoms with Crippen LogP contribution in [0.2, 0.25) is 0 Å². The van der Waals surface area contributed by atoms with Crippen molar-refractivity contribution in [3.63, 3.8) is 0 Å². The van der Waals surface area contributed by atoms with E-state index in [1.165, 1.54) is 0 Å². The Bertz CT molecular complexity index is 371. The quantitative estimate of drug-likeness (QED) is 0.634. The Morgan fingerprint density at radius 2 is 1.74 bits per heavy atom. The molecule has 0 aromatic carbocycles. The van der Waals surface area contributed by atoms with E-state index in [0.717, 1.165) is 6.42 Å². The average Bonchev–Trinajstić information content (AvgIpc) is 2.25. The Labute approximate surface area is 117 Å². The molecule has 0 N–H and O–H groups in total. The van der Waals surface area contributed by atoms with Gasteiger partial charge in [-0.15, -0.1) is 0 Å². The van der Waals surface area contributed by atoms with Gasteiger partial charge in [0.15, 0.2) is 9.84 Å². The first-order valence-electron chi connectivity index (χ1n) is 6.74. The van der Waals surface area contributed by atoms with Crippen LogP contribution in [0.3, 0.4) is 0 Å².